The van der Waals surface area contributed by atoms with Gasteiger partial charge in [-0.3, -0.25) is 11.3 Å². The predicted molar refractivity (Wildman–Crippen MR) is 64.4 cm³/mol. The van der Waals surface area contributed by atoms with Crippen molar-refractivity contribution in [2.24, 2.45) is 5.84 Å². The zero-order valence-corrected chi connectivity index (χ0v) is 9.96. The van der Waals surface area contributed by atoms with Gasteiger partial charge in [-0.2, -0.15) is 0 Å². The van der Waals surface area contributed by atoms with E-state index >= 15 is 0 Å². The Morgan fingerprint density at radius 2 is 2.22 bits per heavy atom. The van der Waals surface area contributed by atoms with Gasteiger partial charge in [0, 0.05) is 12.1 Å². The number of nitrogens with one attached hydrogen (secondary N) is 1. The van der Waals surface area contributed by atoms with E-state index < -0.39 is 11.6 Å². The minimum absolute atomic E-state index is 0.190. The van der Waals surface area contributed by atoms with Crippen molar-refractivity contribution < 1.29 is 13.5 Å². The Morgan fingerprint density at radius 1 is 1.39 bits per heavy atom. The van der Waals surface area contributed by atoms with Gasteiger partial charge in [0.1, 0.15) is 11.6 Å². The molecule has 3 N–H and O–H groups in total. The van der Waals surface area contributed by atoms with Gasteiger partial charge in [-0.1, -0.05) is 6.07 Å². The van der Waals surface area contributed by atoms with Crippen LogP contribution in [0.25, 0.3) is 0 Å². The van der Waals surface area contributed by atoms with Crippen molar-refractivity contribution in [1.82, 2.24) is 5.43 Å². The molecular formula is C13H16F2N2O. The van der Waals surface area contributed by atoms with Crippen LogP contribution in [-0.4, -0.2) is 12.6 Å². The Hall–Kier alpha value is -1.46. The Kier molecular flexibility index (Phi) is 4.28. The van der Waals surface area contributed by atoms with Crippen LogP contribution in [0, 0.1) is 11.6 Å². The monoisotopic (exact) mass is 254 g/mol. The number of nitrogens with two attached hydrogens (primary N) is 1. The molecule has 0 spiro atoms. The lowest BCUT2D eigenvalue weighted by atomic mass is 9.96. The van der Waals surface area contributed by atoms with Crippen LogP contribution in [0.2, 0.25) is 0 Å². The Bertz CT molecular complexity index is 449. The van der Waals surface area contributed by atoms with Crippen molar-refractivity contribution in [2.75, 3.05) is 6.61 Å². The SMILES string of the molecule is NNC(Cc1ccc(F)cc1F)C1=COCCC1. The molecule has 0 radical (unpaired) electrons. The second-order valence-electron chi connectivity index (χ2n) is 4.33. The molecule has 1 aromatic rings. The van der Waals surface area contributed by atoms with Crippen LogP contribution in [-0.2, 0) is 11.2 Å². The smallest absolute Gasteiger partial charge is 0.129 e. The van der Waals surface area contributed by atoms with Crippen LogP contribution in [0.3, 0.4) is 0 Å². The summed E-state index contributed by atoms with van der Waals surface area (Å²) in [6, 6.07) is 3.39. The fraction of sp³-hybridized carbons (Fsp3) is 0.385. The zero-order valence-electron chi connectivity index (χ0n) is 9.96. The molecular weight excluding hydrogens is 238 g/mol. The van der Waals surface area contributed by atoms with E-state index in [1.165, 1.54) is 12.1 Å². The molecule has 1 aromatic carbocycles. The van der Waals surface area contributed by atoms with Gasteiger partial charge in [-0.15, -0.1) is 0 Å². The molecule has 1 aliphatic rings. The molecule has 0 aromatic heterocycles. The predicted octanol–water partition coefficient (Wildman–Crippen LogP) is 2.03. The summed E-state index contributed by atoms with van der Waals surface area (Å²) < 4.78 is 31.6. The fourth-order valence-corrected chi connectivity index (χ4v) is 2.05. The maximum absolute atomic E-state index is 13.6. The van der Waals surface area contributed by atoms with Gasteiger partial charge in [0.15, 0.2) is 0 Å². The quantitative estimate of drug-likeness (QED) is 0.638. The van der Waals surface area contributed by atoms with Crippen molar-refractivity contribution in [1.29, 1.82) is 0 Å². The van der Waals surface area contributed by atoms with Gasteiger partial charge in [-0.05, 0) is 36.5 Å². The standard InChI is InChI=1S/C13H16F2N2O/c14-11-4-3-9(12(15)7-11)6-13(17-16)10-2-1-5-18-8-10/h3-4,7-8,13,17H,1-2,5-6,16H2. The van der Waals surface area contributed by atoms with Crippen molar-refractivity contribution in [3.63, 3.8) is 0 Å². The molecule has 98 valence electrons. The summed E-state index contributed by atoms with van der Waals surface area (Å²) in [7, 11) is 0. The second kappa shape index (κ2) is 5.93. The first-order chi connectivity index (χ1) is 8.70. The maximum atomic E-state index is 13.6. The van der Waals surface area contributed by atoms with E-state index in [0.717, 1.165) is 24.5 Å². The highest BCUT2D eigenvalue weighted by Gasteiger charge is 2.18. The number of halogens is 2. The van der Waals surface area contributed by atoms with Gasteiger partial charge in [0.2, 0.25) is 0 Å². The van der Waals surface area contributed by atoms with E-state index in [4.69, 9.17) is 10.6 Å². The average Bonchev–Trinajstić information content (AvgIpc) is 2.39. The number of hydrazine groups is 1. The molecule has 0 saturated heterocycles. The fourth-order valence-electron chi connectivity index (χ4n) is 2.05. The van der Waals surface area contributed by atoms with Crippen LogP contribution in [0.1, 0.15) is 18.4 Å². The number of rotatable bonds is 4. The number of hydrogen-bond acceptors (Lipinski definition) is 3. The summed E-state index contributed by atoms with van der Waals surface area (Å²) in [6.07, 6.45) is 3.85. The molecule has 1 atom stereocenters. The molecule has 0 saturated carbocycles. The van der Waals surface area contributed by atoms with E-state index in [0.29, 0.717) is 18.6 Å². The maximum Gasteiger partial charge on any atom is 0.129 e. The number of ether oxygens (including phenoxy) is 1. The van der Waals surface area contributed by atoms with Crippen molar-refractivity contribution in [3.05, 3.63) is 47.2 Å². The van der Waals surface area contributed by atoms with Gasteiger partial charge in [0.05, 0.1) is 12.9 Å². The summed E-state index contributed by atoms with van der Waals surface area (Å²) in [5.41, 5.74) is 4.10. The molecule has 18 heavy (non-hydrogen) atoms. The average molecular weight is 254 g/mol. The highest BCUT2D eigenvalue weighted by atomic mass is 19.1. The summed E-state index contributed by atoms with van der Waals surface area (Å²) in [4.78, 5) is 0. The van der Waals surface area contributed by atoms with Gasteiger partial charge in [-0.25, -0.2) is 8.78 Å². The Balaban J connectivity index is 2.12. The first-order valence-electron chi connectivity index (χ1n) is 5.91. The molecule has 0 fully saturated rings. The van der Waals surface area contributed by atoms with E-state index in [-0.39, 0.29) is 6.04 Å². The molecule has 0 amide bonds. The van der Waals surface area contributed by atoms with Crippen LogP contribution in [0.5, 0.6) is 0 Å². The molecule has 1 aliphatic heterocycles. The first kappa shape index (κ1) is 13.0. The van der Waals surface area contributed by atoms with Crippen molar-refractivity contribution in [2.45, 2.75) is 25.3 Å². The molecule has 2 rings (SSSR count). The number of benzene rings is 1. The Labute approximate surface area is 105 Å². The first-order valence-corrected chi connectivity index (χ1v) is 5.91. The van der Waals surface area contributed by atoms with Gasteiger partial charge < -0.3 is 4.74 Å². The van der Waals surface area contributed by atoms with Gasteiger partial charge >= 0.3 is 0 Å². The lowest BCUT2D eigenvalue weighted by Crippen LogP contribution is -2.39. The normalized spacial score (nSPS) is 16.9. The van der Waals surface area contributed by atoms with Crippen LogP contribution in [0.4, 0.5) is 8.78 Å². The molecule has 5 heteroatoms. The van der Waals surface area contributed by atoms with Crippen LogP contribution in [0.15, 0.2) is 30.0 Å². The third kappa shape index (κ3) is 3.05. The largest absolute Gasteiger partial charge is 0.501 e. The van der Waals surface area contributed by atoms with E-state index in [1.54, 1.807) is 6.26 Å². The van der Waals surface area contributed by atoms with E-state index in [2.05, 4.69) is 5.43 Å². The van der Waals surface area contributed by atoms with Gasteiger partial charge in [0.25, 0.3) is 0 Å². The van der Waals surface area contributed by atoms with Crippen LogP contribution >= 0.6 is 0 Å². The third-order valence-corrected chi connectivity index (χ3v) is 3.05. The highest BCUT2D eigenvalue weighted by Crippen LogP contribution is 2.20. The third-order valence-electron chi connectivity index (χ3n) is 3.05. The van der Waals surface area contributed by atoms with E-state index in [1.807, 2.05) is 0 Å². The lowest BCUT2D eigenvalue weighted by Gasteiger charge is -2.22. The summed E-state index contributed by atoms with van der Waals surface area (Å²) >= 11 is 0. The number of hydrogen-bond donors (Lipinski definition) is 2. The van der Waals surface area contributed by atoms with Crippen molar-refractivity contribution in [3.8, 4) is 0 Å². The lowest BCUT2D eigenvalue weighted by molar-refractivity contribution is 0.219. The Morgan fingerprint density at radius 3 is 2.83 bits per heavy atom. The minimum atomic E-state index is -0.575. The summed E-state index contributed by atoms with van der Waals surface area (Å²) in [6.45, 7) is 0.700. The topological polar surface area (TPSA) is 47.3 Å². The molecule has 3 nitrogen and oxygen atoms in total. The molecule has 1 unspecified atom stereocenters. The van der Waals surface area contributed by atoms with Crippen molar-refractivity contribution >= 4 is 0 Å². The summed E-state index contributed by atoms with van der Waals surface area (Å²) in [5.74, 6) is 4.36. The summed E-state index contributed by atoms with van der Waals surface area (Å²) in [5, 5.41) is 0. The highest BCUT2D eigenvalue weighted by molar-refractivity contribution is 5.23. The second-order valence-corrected chi connectivity index (χ2v) is 4.33. The zero-order chi connectivity index (χ0) is 13.0. The molecule has 1 heterocycles. The molecule has 0 aliphatic carbocycles. The van der Waals surface area contributed by atoms with Crippen LogP contribution < -0.4 is 11.3 Å². The van der Waals surface area contributed by atoms with E-state index in [9.17, 15) is 8.78 Å². The minimum Gasteiger partial charge on any atom is -0.501 e. The molecule has 0 bridgehead atoms.